The molecule has 0 aliphatic carbocycles. The molecule has 1 amide bonds. The third kappa shape index (κ3) is 9.65. The number of nitrogens with two attached hydrogens (primary N) is 2. The number of alkyl halides is 3. The van der Waals surface area contributed by atoms with E-state index in [1.54, 1.807) is 18.2 Å². The molecular formula is C15H16F3N3O7. The van der Waals surface area contributed by atoms with Crippen molar-refractivity contribution in [1.82, 2.24) is 5.32 Å². The zero-order chi connectivity index (χ0) is 22.1. The third-order valence-electron chi connectivity index (χ3n) is 2.76. The molecule has 8 N–H and O–H groups in total. The van der Waals surface area contributed by atoms with Crippen LogP contribution in [0.1, 0.15) is 12.0 Å². The Morgan fingerprint density at radius 3 is 2.07 bits per heavy atom. The Kier molecular flexibility index (Phi) is 9.00. The van der Waals surface area contributed by atoms with Crippen molar-refractivity contribution in [2.75, 3.05) is 11.5 Å². The van der Waals surface area contributed by atoms with Gasteiger partial charge in [-0.05, 0) is 29.8 Å². The highest BCUT2D eigenvalue weighted by atomic mass is 19.4. The molecule has 0 spiro atoms. The van der Waals surface area contributed by atoms with Crippen LogP contribution in [0.4, 0.5) is 24.5 Å². The van der Waals surface area contributed by atoms with E-state index in [0.717, 1.165) is 6.08 Å². The van der Waals surface area contributed by atoms with Crippen molar-refractivity contribution in [3.05, 3.63) is 29.8 Å². The largest absolute Gasteiger partial charge is 0.490 e. The Morgan fingerprint density at radius 1 is 1.11 bits per heavy atom. The van der Waals surface area contributed by atoms with Crippen molar-refractivity contribution < 1.29 is 47.7 Å². The number of halogens is 3. The molecule has 0 bridgehead atoms. The predicted molar refractivity (Wildman–Crippen MR) is 89.8 cm³/mol. The summed E-state index contributed by atoms with van der Waals surface area (Å²) in [4.78, 5) is 41.8. The van der Waals surface area contributed by atoms with Crippen LogP contribution in [0.2, 0.25) is 0 Å². The first-order valence-corrected chi connectivity index (χ1v) is 7.12. The van der Waals surface area contributed by atoms with E-state index in [1.807, 2.05) is 0 Å². The summed E-state index contributed by atoms with van der Waals surface area (Å²) in [5.74, 6) is -6.26. The summed E-state index contributed by atoms with van der Waals surface area (Å²) < 4.78 is 31.7. The van der Waals surface area contributed by atoms with Gasteiger partial charge in [0, 0.05) is 17.5 Å². The number of carbonyl (C=O) groups excluding carboxylic acids is 1. The highest BCUT2D eigenvalue weighted by Gasteiger charge is 2.38. The average Bonchev–Trinajstić information content (AvgIpc) is 2.54. The van der Waals surface area contributed by atoms with Crippen LogP contribution in [0.15, 0.2) is 24.3 Å². The maximum atomic E-state index is 11.6. The lowest BCUT2D eigenvalue weighted by atomic mass is 10.1. The topological polar surface area (TPSA) is 193 Å². The number of carbonyl (C=O) groups is 4. The fraction of sp³-hybridized carbons (Fsp3) is 0.200. The summed E-state index contributed by atoms with van der Waals surface area (Å²) in [5, 5.41) is 26.6. The minimum atomic E-state index is -5.08. The number of rotatable bonds is 6. The van der Waals surface area contributed by atoms with E-state index >= 15 is 0 Å². The number of amides is 1. The van der Waals surface area contributed by atoms with Crippen molar-refractivity contribution >= 4 is 41.3 Å². The number of nitrogens with one attached hydrogen (secondary N) is 1. The summed E-state index contributed by atoms with van der Waals surface area (Å²) in [6, 6.07) is 3.21. The maximum absolute atomic E-state index is 11.6. The predicted octanol–water partition coefficient (Wildman–Crippen LogP) is 0.542. The van der Waals surface area contributed by atoms with E-state index in [2.05, 4.69) is 5.32 Å². The zero-order valence-corrected chi connectivity index (χ0v) is 13.9. The number of hydrogen-bond acceptors (Lipinski definition) is 6. The second-order valence-corrected chi connectivity index (χ2v) is 5.02. The van der Waals surface area contributed by atoms with Crippen LogP contribution in [-0.2, 0) is 19.2 Å². The summed E-state index contributed by atoms with van der Waals surface area (Å²) in [6.45, 7) is 0. The quantitative estimate of drug-likeness (QED) is 0.288. The van der Waals surface area contributed by atoms with Gasteiger partial charge in [0.2, 0.25) is 5.91 Å². The van der Waals surface area contributed by atoms with Crippen LogP contribution in [0.3, 0.4) is 0 Å². The average molecular weight is 407 g/mol. The van der Waals surface area contributed by atoms with E-state index in [4.69, 9.17) is 31.6 Å². The summed E-state index contributed by atoms with van der Waals surface area (Å²) in [6.07, 6.45) is -3.38. The molecule has 0 aliphatic heterocycles. The van der Waals surface area contributed by atoms with Gasteiger partial charge in [-0.2, -0.15) is 13.2 Å². The SMILES string of the molecule is Nc1ccc(N)c(C=CC(=O)N[C@@H](CC(=O)O)C(=O)O)c1.O=C(O)C(F)(F)F. The van der Waals surface area contributed by atoms with Gasteiger partial charge < -0.3 is 32.1 Å². The lowest BCUT2D eigenvalue weighted by Gasteiger charge is -2.10. The molecule has 154 valence electrons. The van der Waals surface area contributed by atoms with Crippen molar-refractivity contribution in [2.45, 2.75) is 18.6 Å². The number of nitrogen functional groups attached to an aromatic ring is 2. The van der Waals surface area contributed by atoms with Crippen LogP contribution >= 0.6 is 0 Å². The van der Waals surface area contributed by atoms with Crippen LogP contribution in [0, 0.1) is 0 Å². The molecular weight excluding hydrogens is 391 g/mol. The van der Waals surface area contributed by atoms with Crippen LogP contribution in [-0.4, -0.2) is 51.4 Å². The Bertz CT molecular complexity index is 779. The number of hydrogen-bond donors (Lipinski definition) is 6. The monoisotopic (exact) mass is 407 g/mol. The van der Waals surface area contributed by atoms with E-state index in [1.165, 1.54) is 6.08 Å². The molecule has 1 aromatic rings. The number of benzene rings is 1. The molecule has 10 nitrogen and oxygen atoms in total. The van der Waals surface area contributed by atoms with Crippen molar-refractivity contribution in [1.29, 1.82) is 0 Å². The first-order chi connectivity index (χ1) is 12.7. The molecule has 28 heavy (non-hydrogen) atoms. The highest BCUT2D eigenvalue weighted by Crippen LogP contribution is 2.17. The Labute approximate surface area is 155 Å². The molecule has 0 heterocycles. The van der Waals surface area contributed by atoms with Gasteiger partial charge in [0.15, 0.2) is 0 Å². The maximum Gasteiger partial charge on any atom is 0.490 e. The van der Waals surface area contributed by atoms with E-state index in [9.17, 15) is 27.6 Å². The normalized spacial score (nSPS) is 11.8. The Morgan fingerprint density at radius 2 is 1.64 bits per heavy atom. The minimum absolute atomic E-state index is 0.397. The van der Waals surface area contributed by atoms with Crippen LogP contribution in [0.25, 0.3) is 6.08 Å². The molecule has 0 aliphatic rings. The molecule has 0 radical (unpaired) electrons. The van der Waals surface area contributed by atoms with Gasteiger partial charge in [0.05, 0.1) is 6.42 Å². The number of carboxylic acids is 3. The smallest absolute Gasteiger partial charge is 0.481 e. The van der Waals surface area contributed by atoms with E-state index < -0.39 is 42.5 Å². The molecule has 1 atom stereocenters. The second kappa shape index (κ2) is 10.4. The molecule has 0 saturated carbocycles. The van der Waals surface area contributed by atoms with Crippen molar-refractivity contribution in [3.63, 3.8) is 0 Å². The van der Waals surface area contributed by atoms with Crippen molar-refractivity contribution in [2.24, 2.45) is 0 Å². The van der Waals surface area contributed by atoms with Gasteiger partial charge >= 0.3 is 24.1 Å². The first-order valence-electron chi connectivity index (χ1n) is 7.12. The van der Waals surface area contributed by atoms with E-state index in [-0.39, 0.29) is 0 Å². The molecule has 1 aromatic carbocycles. The van der Waals surface area contributed by atoms with Gasteiger partial charge in [-0.3, -0.25) is 9.59 Å². The molecule has 0 unspecified atom stereocenters. The lowest BCUT2D eigenvalue weighted by molar-refractivity contribution is -0.192. The van der Waals surface area contributed by atoms with Gasteiger partial charge in [0.1, 0.15) is 6.04 Å². The van der Waals surface area contributed by atoms with Gasteiger partial charge in [-0.25, -0.2) is 9.59 Å². The number of carboxylic acid groups (broad SMARTS) is 3. The molecule has 0 fully saturated rings. The Hall–Kier alpha value is -3.77. The zero-order valence-electron chi connectivity index (χ0n) is 13.9. The highest BCUT2D eigenvalue weighted by molar-refractivity contribution is 5.96. The van der Waals surface area contributed by atoms with Crippen molar-refractivity contribution in [3.8, 4) is 0 Å². The first kappa shape index (κ1) is 24.2. The number of anilines is 2. The summed E-state index contributed by atoms with van der Waals surface area (Å²) >= 11 is 0. The van der Waals surface area contributed by atoms with E-state index in [0.29, 0.717) is 16.9 Å². The molecule has 0 aromatic heterocycles. The Balaban J connectivity index is 0.000000887. The fourth-order valence-corrected chi connectivity index (χ4v) is 1.50. The lowest BCUT2D eigenvalue weighted by Crippen LogP contribution is -2.41. The molecule has 1 rings (SSSR count). The number of aliphatic carboxylic acids is 3. The summed E-state index contributed by atoms with van der Waals surface area (Å²) in [5.41, 5.74) is 12.6. The molecule has 13 heteroatoms. The summed E-state index contributed by atoms with van der Waals surface area (Å²) in [7, 11) is 0. The van der Waals surface area contributed by atoms with Gasteiger partial charge in [-0.1, -0.05) is 0 Å². The van der Waals surface area contributed by atoms with Crippen LogP contribution in [0.5, 0.6) is 0 Å². The van der Waals surface area contributed by atoms with Gasteiger partial charge in [0.25, 0.3) is 0 Å². The fourth-order valence-electron chi connectivity index (χ4n) is 1.50. The third-order valence-corrected chi connectivity index (χ3v) is 2.76. The standard InChI is InChI=1S/C13H15N3O5.C2HF3O2/c14-8-2-3-9(15)7(5-8)1-4-11(17)16-10(13(20)21)6-12(18)19;3-2(4,5)1(6)7/h1-5,10H,6,14-15H2,(H,16,17)(H,18,19)(H,20,21);(H,6,7)/t10-;/m0./s1. The van der Waals surface area contributed by atoms with Crippen LogP contribution < -0.4 is 16.8 Å². The minimum Gasteiger partial charge on any atom is -0.481 e. The second-order valence-electron chi connectivity index (χ2n) is 5.02. The van der Waals surface area contributed by atoms with Gasteiger partial charge in [-0.15, -0.1) is 0 Å². The molecule has 0 saturated heterocycles.